The van der Waals surface area contributed by atoms with Gasteiger partial charge in [-0.2, -0.15) is 0 Å². The van der Waals surface area contributed by atoms with E-state index in [4.69, 9.17) is 4.74 Å². The molecule has 152 valence electrons. The molecule has 1 aromatic heterocycles. The molecule has 1 amide bonds. The van der Waals surface area contributed by atoms with Crippen molar-refractivity contribution < 1.29 is 9.53 Å². The van der Waals surface area contributed by atoms with Crippen molar-refractivity contribution in [3.8, 4) is 5.75 Å². The Bertz CT molecular complexity index is 1040. The van der Waals surface area contributed by atoms with Gasteiger partial charge in [0.05, 0.1) is 17.5 Å². The molecule has 0 unspecified atom stereocenters. The van der Waals surface area contributed by atoms with Gasteiger partial charge >= 0.3 is 0 Å². The molecule has 6 nitrogen and oxygen atoms in total. The first kappa shape index (κ1) is 20.6. The summed E-state index contributed by atoms with van der Waals surface area (Å²) in [6.07, 6.45) is 3.61. The minimum absolute atomic E-state index is 0.0594. The number of anilines is 1. The zero-order valence-corrected chi connectivity index (χ0v) is 17.0. The largest absolute Gasteiger partial charge is 0.494 e. The predicted octanol–water partition coefficient (Wildman–Crippen LogP) is 4.37. The van der Waals surface area contributed by atoms with Crippen molar-refractivity contribution in [2.45, 2.75) is 46.0 Å². The van der Waals surface area contributed by atoms with E-state index in [1.54, 1.807) is 6.07 Å². The number of amides is 1. The second-order valence-electron chi connectivity index (χ2n) is 7.11. The van der Waals surface area contributed by atoms with Crippen LogP contribution >= 0.6 is 0 Å². The molecule has 3 aromatic rings. The fourth-order valence-corrected chi connectivity index (χ4v) is 3.08. The molecular formula is C23H27N3O3. The summed E-state index contributed by atoms with van der Waals surface area (Å²) in [5.41, 5.74) is 2.28. The first-order chi connectivity index (χ1) is 14.1. The van der Waals surface area contributed by atoms with E-state index in [2.05, 4.69) is 22.2 Å². The van der Waals surface area contributed by atoms with Crippen LogP contribution in [0.2, 0.25) is 0 Å². The minimum Gasteiger partial charge on any atom is -0.494 e. The molecule has 0 radical (unpaired) electrons. The van der Waals surface area contributed by atoms with Crippen LogP contribution in [-0.2, 0) is 11.2 Å². The first-order valence-corrected chi connectivity index (χ1v) is 10.1. The highest BCUT2D eigenvalue weighted by Crippen LogP contribution is 2.22. The van der Waals surface area contributed by atoms with Crippen LogP contribution in [0.4, 0.5) is 5.69 Å². The SMILES string of the molecule is CCCCOc1ccc(NC(=O)CCCc2nc3ccccc3c(=O)[nH]2)c(C)c1. The number of ether oxygens (including phenoxy) is 1. The highest BCUT2D eigenvalue weighted by atomic mass is 16.5. The lowest BCUT2D eigenvalue weighted by molar-refractivity contribution is -0.116. The van der Waals surface area contributed by atoms with Crippen molar-refractivity contribution in [2.24, 2.45) is 0 Å². The van der Waals surface area contributed by atoms with Gasteiger partial charge in [-0.05, 0) is 55.7 Å². The number of H-pyrrole nitrogens is 1. The van der Waals surface area contributed by atoms with E-state index in [0.717, 1.165) is 29.8 Å². The maximum atomic E-state index is 12.3. The summed E-state index contributed by atoms with van der Waals surface area (Å²) in [6, 6.07) is 12.9. The van der Waals surface area contributed by atoms with Gasteiger partial charge in [-0.3, -0.25) is 9.59 Å². The standard InChI is InChI=1S/C23H27N3O3/c1-3-4-14-29-17-12-13-19(16(2)15-17)25-22(27)11-7-10-21-24-20-9-6-5-8-18(20)23(28)26-21/h5-6,8-9,12-13,15H,3-4,7,10-11,14H2,1-2H3,(H,25,27)(H,24,26,28). The normalized spacial score (nSPS) is 10.8. The molecule has 3 rings (SSSR count). The molecule has 0 spiro atoms. The lowest BCUT2D eigenvalue weighted by Crippen LogP contribution is -2.14. The third-order valence-electron chi connectivity index (χ3n) is 4.72. The fraction of sp³-hybridized carbons (Fsp3) is 0.348. The molecule has 1 heterocycles. The number of aromatic nitrogens is 2. The second kappa shape index (κ2) is 9.87. The number of rotatable bonds is 9. The summed E-state index contributed by atoms with van der Waals surface area (Å²) < 4.78 is 5.69. The summed E-state index contributed by atoms with van der Waals surface area (Å²) in [7, 11) is 0. The lowest BCUT2D eigenvalue weighted by atomic mass is 10.1. The highest BCUT2D eigenvalue weighted by molar-refractivity contribution is 5.91. The third-order valence-corrected chi connectivity index (χ3v) is 4.72. The number of aromatic amines is 1. The van der Waals surface area contributed by atoms with Crippen LogP contribution in [0.25, 0.3) is 10.9 Å². The van der Waals surface area contributed by atoms with Gasteiger partial charge in [0.15, 0.2) is 0 Å². The van der Waals surface area contributed by atoms with Crippen LogP contribution in [0.3, 0.4) is 0 Å². The van der Waals surface area contributed by atoms with Crippen LogP contribution in [0.1, 0.15) is 44.0 Å². The smallest absolute Gasteiger partial charge is 0.258 e. The van der Waals surface area contributed by atoms with Gasteiger partial charge in [-0.25, -0.2) is 4.98 Å². The molecule has 2 N–H and O–H groups in total. The summed E-state index contributed by atoms with van der Waals surface area (Å²) in [6.45, 7) is 4.78. The third kappa shape index (κ3) is 5.67. The number of nitrogens with zero attached hydrogens (tertiary/aromatic N) is 1. The van der Waals surface area contributed by atoms with Crippen molar-refractivity contribution in [3.05, 3.63) is 64.2 Å². The maximum Gasteiger partial charge on any atom is 0.258 e. The van der Waals surface area contributed by atoms with E-state index in [-0.39, 0.29) is 11.5 Å². The van der Waals surface area contributed by atoms with E-state index in [1.807, 2.05) is 43.3 Å². The average Bonchev–Trinajstić information content (AvgIpc) is 2.70. The quantitative estimate of drug-likeness (QED) is 0.529. The molecule has 0 aliphatic carbocycles. The average molecular weight is 393 g/mol. The number of fused-ring (bicyclic) bond motifs is 1. The van der Waals surface area contributed by atoms with Gasteiger partial charge in [0.1, 0.15) is 11.6 Å². The number of hydrogen-bond acceptors (Lipinski definition) is 4. The number of hydrogen-bond donors (Lipinski definition) is 2. The van der Waals surface area contributed by atoms with E-state index in [0.29, 0.717) is 42.6 Å². The molecule has 0 bridgehead atoms. The molecule has 2 aromatic carbocycles. The number of benzene rings is 2. The number of unbranched alkanes of at least 4 members (excludes halogenated alkanes) is 1. The van der Waals surface area contributed by atoms with E-state index < -0.39 is 0 Å². The van der Waals surface area contributed by atoms with E-state index in [1.165, 1.54) is 0 Å². The van der Waals surface area contributed by atoms with Crippen molar-refractivity contribution in [2.75, 3.05) is 11.9 Å². The zero-order valence-electron chi connectivity index (χ0n) is 17.0. The number of carbonyl (C=O) groups is 1. The van der Waals surface area contributed by atoms with Crippen molar-refractivity contribution in [1.29, 1.82) is 0 Å². The second-order valence-corrected chi connectivity index (χ2v) is 7.11. The predicted molar refractivity (Wildman–Crippen MR) is 116 cm³/mol. The van der Waals surface area contributed by atoms with Gasteiger partial charge in [-0.1, -0.05) is 25.5 Å². The summed E-state index contributed by atoms with van der Waals surface area (Å²) in [5, 5.41) is 3.52. The van der Waals surface area contributed by atoms with Gasteiger partial charge in [0.2, 0.25) is 5.91 Å². The molecule has 0 fully saturated rings. The molecule has 0 saturated carbocycles. The van der Waals surface area contributed by atoms with Crippen molar-refractivity contribution in [1.82, 2.24) is 9.97 Å². The van der Waals surface area contributed by atoms with E-state index in [9.17, 15) is 9.59 Å². The Hall–Kier alpha value is -3.15. The number of aryl methyl sites for hydroxylation is 2. The molecular weight excluding hydrogens is 366 g/mol. The van der Waals surface area contributed by atoms with Crippen LogP contribution in [0.5, 0.6) is 5.75 Å². The molecule has 0 aliphatic rings. The molecule has 6 heteroatoms. The van der Waals surface area contributed by atoms with Crippen LogP contribution in [0, 0.1) is 6.92 Å². The summed E-state index contributed by atoms with van der Waals surface area (Å²) in [4.78, 5) is 31.7. The summed E-state index contributed by atoms with van der Waals surface area (Å²) in [5.74, 6) is 1.36. The lowest BCUT2D eigenvalue weighted by Gasteiger charge is -2.11. The van der Waals surface area contributed by atoms with Crippen LogP contribution in [-0.4, -0.2) is 22.5 Å². The Labute approximate surface area is 170 Å². The van der Waals surface area contributed by atoms with E-state index >= 15 is 0 Å². The van der Waals surface area contributed by atoms with Gasteiger partial charge in [0, 0.05) is 18.5 Å². The van der Waals surface area contributed by atoms with Crippen LogP contribution < -0.4 is 15.6 Å². The molecule has 0 atom stereocenters. The molecule has 29 heavy (non-hydrogen) atoms. The fourth-order valence-electron chi connectivity index (χ4n) is 3.08. The van der Waals surface area contributed by atoms with Gasteiger partial charge in [-0.15, -0.1) is 0 Å². The Morgan fingerprint density at radius 3 is 2.79 bits per heavy atom. The Balaban J connectivity index is 1.52. The summed E-state index contributed by atoms with van der Waals surface area (Å²) >= 11 is 0. The Morgan fingerprint density at radius 2 is 2.00 bits per heavy atom. The molecule has 0 aliphatic heterocycles. The minimum atomic E-state index is -0.146. The Kier molecular flexibility index (Phi) is 7.00. The monoisotopic (exact) mass is 393 g/mol. The Morgan fingerprint density at radius 1 is 1.17 bits per heavy atom. The van der Waals surface area contributed by atoms with Crippen LogP contribution in [0.15, 0.2) is 47.3 Å². The van der Waals surface area contributed by atoms with Crippen molar-refractivity contribution >= 4 is 22.5 Å². The maximum absolute atomic E-state index is 12.3. The molecule has 0 saturated heterocycles. The first-order valence-electron chi connectivity index (χ1n) is 10.1. The number of nitrogens with one attached hydrogen (secondary N) is 2. The number of para-hydroxylation sites is 1. The zero-order chi connectivity index (χ0) is 20.6. The van der Waals surface area contributed by atoms with Gasteiger partial charge in [0.25, 0.3) is 5.56 Å². The van der Waals surface area contributed by atoms with Crippen molar-refractivity contribution in [3.63, 3.8) is 0 Å². The number of carbonyl (C=O) groups excluding carboxylic acids is 1. The van der Waals surface area contributed by atoms with Gasteiger partial charge < -0.3 is 15.0 Å². The topological polar surface area (TPSA) is 84.1 Å². The highest BCUT2D eigenvalue weighted by Gasteiger charge is 2.08.